The molecule has 0 aliphatic carbocycles. The van der Waals surface area contributed by atoms with Gasteiger partial charge in [-0.2, -0.15) is 23.4 Å². The van der Waals surface area contributed by atoms with Gasteiger partial charge in [-0.25, -0.2) is 4.68 Å². The van der Waals surface area contributed by atoms with Crippen molar-refractivity contribution in [2.45, 2.75) is 32.7 Å². The van der Waals surface area contributed by atoms with Gasteiger partial charge in [0.25, 0.3) is 5.91 Å². The zero-order valence-electron chi connectivity index (χ0n) is 12.8. The van der Waals surface area contributed by atoms with E-state index in [0.29, 0.717) is 10.6 Å². The van der Waals surface area contributed by atoms with E-state index in [1.807, 2.05) is 13.8 Å². The van der Waals surface area contributed by atoms with Crippen molar-refractivity contribution in [1.29, 1.82) is 0 Å². The van der Waals surface area contributed by atoms with E-state index >= 15 is 0 Å². The van der Waals surface area contributed by atoms with E-state index in [4.69, 9.17) is 4.74 Å². The highest BCUT2D eigenvalue weighted by atomic mass is 19.4. The van der Waals surface area contributed by atoms with E-state index in [-0.39, 0.29) is 17.5 Å². The summed E-state index contributed by atoms with van der Waals surface area (Å²) >= 11 is 0. The largest absolute Gasteiger partial charge is 0.475 e. The number of anilines is 1. The normalized spacial score (nSPS) is 11.8. The van der Waals surface area contributed by atoms with Crippen LogP contribution in [0.25, 0.3) is 0 Å². The van der Waals surface area contributed by atoms with Crippen molar-refractivity contribution in [2.24, 2.45) is 7.05 Å². The van der Waals surface area contributed by atoms with Gasteiger partial charge < -0.3 is 10.1 Å². The van der Waals surface area contributed by atoms with Crippen molar-refractivity contribution in [3.05, 3.63) is 24.2 Å². The van der Waals surface area contributed by atoms with Crippen LogP contribution in [0.3, 0.4) is 0 Å². The van der Waals surface area contributed by atoms with Crippen LogP contribution in [0, 0.1) is 0 Å². The quantitative estimate of drug-likeness (QED) is 0.912. The number of hydrogen-bond donors (Lipinski definition) is 1. The molecule has 10 heteroatoms. The first-order valence-corrected chi connectivity index (χ1v) is 6.75. The van der Waals surface area contributed by atoms with Gasteiger partial charge in [-0.05, 0) is 13.8 Å². The molecule has 0 unspecified atom stereocenters. The van der Waals surface area contributed by atoms with Crippen molar-refractivity contribution in [3.8, 4) is 5.88 Å². The lowest BCUT2D eigenvalue weighted by molar-refractivity contribution is -0.142. The first-order valence-electron chi connectivity index (χ1n) is 6.75. The van der Waals surface area contributed by atoms with Gasteiger partial charge in [0, 0.05) is 19.3 Å². The van der Waals surface area contributed by atoms with Crippen molar-refractivity contribution < 1.29 is 22.7 Å². The Bertz CT molecular complexity index is 690. The minimum atomic E-state index is -4.38. The summed E-state index contributed by atoms with van der Waals surface area (Å²) < 4.78 is 44.3. The lowest BCUT2D eigenvalue weighted by atomic mass is 10.4. The van der Waals surface area contributed by atoms with E-state index in [0.717, 1.165) is 12.4 Å². The molecule has 1 amide bonds. The van der Waals surface area contributed by atoms with E-state index in [2.05, 4.69) is 15.5 Å². The Kier molecular flexibility index (Phi) is 4.62. The summed E-state index contributed by atoms with van der Waals surface area (Å²) in [6.45, 7) is 2.45. The fourth-order valence-electron chi connectivity index (χ4n) is 1.81. The molecule has 1 N–H and O–H groups in total. The SMILES string of the molecule is CC(C)Oc1cc(C(=O)Nc2cnn(CC(F)(F)F)c2)nn1C. The van der Waals surface area contributed by atoms with Crippen LogP contribution in [0.1, 0.15) is 24.3 Å². The molecule has 0 bridgehead atoms. The summed E-state index contributed by atoms with van der Waals surface area (Å²) in [6, 6.07) is 1.45. The molecular weight excluding hydrogens is 315 g/mol. The fourth-order valence-corrected chi connectivity index (χ4v) is 1.81. The molecule has 0 aromatic carbocycles. The third-order valence-corrected chi connectivity index (χ3v) is 2.66. The molecule has 0 atom stereocenters. The van der Waals surface area contributed by atoms with Gasteiger partial charge in [-0.3, -0.25) is 9.48 Å². The van der Waals surface area contributed by atoms with Crippen LogP contribution in [0.15, 0.2) is 18.5 Å². The molecule has 0 saturated heterocycles. The summed E-state index contributed by atoms with van der Waals surface area (Å²) in [4.78, 5) is 12.1. The van der Waals surface area contributed by atoms with Crippen molar-refractivity contribution >= 4 is 11.6 Å². The van der Waals surface area contributed by atoms with E-state index in [1.165, 1.54) is 10.7 Å². The van der Waals surface area contributed by atoms with Gasteiger partial charge in [0.05, 0.1) is 18.0 Å². The monoisotopic (exact) mass is 331 g/mol. The third-order valence-electron chi connectivity index (χ3n) is 2.66. The zero-order chi connectivity index (χ0) is 17.2. The molecule has 0 aliphatic heterocycles. The summed E-state index contributed by atoms with van der Waals surface area (Å²) in [5, 5.41) is 9.98. The second-order valence-electron chi connectivity index (χ2n) is 5.15. The number of amides is 1. The van der Waals surface area contributed by atoms with E-state index in [9.17, 15) is 18.0 Å². The number of carbonyl (C=O) groups excluding carboxylic acids is 1. The van der Waals surface area contributed by atoms with Crippen molar-refractivity contribution in [1.82, 2.24) is 19.6 Å². The number of rotatable bonds is 5. The molecule has 2 heterocycles. The van der Waals surface area contributed by atoms with Crippen molar-refractivity contribution in [3.63, 3.8) is 0 Å². The van der Waals surface area contributed by atoms with Gasteiger partial charge in [0.2, 0.25) is 5.88 Å². The molecule has 0 spiro atoms. The minimum Gasteiger partial charge on any atom is -0.475 e. The maximum Gasteiger partial charge on any atom is 0.408 e. The summed E-state index contributed by atoms with van der Waals surface area (Å²) in [7, 11) is 1.62. The van der Waals surface area contributed by atoms with E-state index in [1.54, 1.807) is 7.05 Å². The molecule has 23 heavy (non-hydrogen) atoms. The number of aryl methyl sites for hydroxylation is 1. The Hall–Kier alpha value is -2.52. The molecule has 0 saturated carbocycles. The highest BCUT2D eigenvalue weighted by molar-refractivity contribution is 6.02. The second kappa shape index (κ2) is 6.31. The van der Waals surface area contributed by atoms with Gasteiger partial charge >= 0.3 is 6.18 Å². The summed E-state index contributed by atoms with van der Waals surface area (Å²) in [6.07, 6.45) is -2.23. The number of ether oxygens (including phenoxy) is 1. The van der Waals surface area contributed by atoms with Crippen LogP contribution in [0.4, 0.5) is 18.9 Å². The molecule has 0 aliphatic rings. The Balaban J connectivity index is 2.05. The minimum absolute atomic E-state index is 0.0816. The zero-order valence-corrected chi connectivity index (χ0v) is 12.8. The average molecular weight is 331 g/mol. The molecule has 126 valence electrons. The van der Waals surface area contributed by atoms with Gasteiger partial charge in [-0.1, -0.05) is 0 Å². The predicted molar refractivity (Wildman–Crippen MR) is 75.2 cm³/mol. The van der Waals surface area contributed by atoms with Gasteiger partial charge in [0.1, 0.15) is 6.54 Å². The maximum absolute atomic E-state index is 12.3. The lowest BCUT2D eigenvalue weighted by Crippen LogP contribution is -2.18. The van der Waals surface area contributed by atoms with Gasteiger partial charge in [-0.15, -0.1) is 0 Å². The number of carbonyl (C=O) groups is 1. The van der Waals surface area contributed by atoms with E-state index < -0.39 is 18.6 Å². The number of halogens is 3. The molecule has 2 rings (SSSR count). The Morgan fingerprint density at radius 2 is 2.13 bits per heavy atom. The van der Waals surface area contributed by atoms with Crippen molar-refractivity contribution in [2.75, 3.05) is 5.32 Å². The number of alkyl halides is 3. The Morgan fingerprint density at radius 3 is 2.74 bits per heavy atom. The topological polar surface area (TPSA) is 74.0 Å². The number of nitrogens with one attached hydrogen (secondary N) is 1. The Morgan fingerprint density at radius 1 is 1.43 bits per heavy atom. The molecular formula is C13H16F3N5O2. The molecule has 0 radical (unpaired) electrons. The third kappa shape index (κ3) is 4.73. The van der Waals surface area contributed by atoms with Crippen LogP contribution >= 0.6 is 0 Å². The maximum atomic E-state index is 12.3. The standard InChI is InChI=1S/C13H16F3N5O2/c1-8(2)23-11-4-10(19-20(11)3)12(22)18-9-5-17-21(6-9)7-13(14,15)16/h4-6,8H,7H2,1-3H3,(H,18,22). The number of hydrogen-bond acceptors (Lipinski definition) is 4. The van der Waals surface area contributed by atoms with Crippen LogP contribution in [0.2, 0.25) is 0 Å². The first kappa shape index (κ1) is 16.8. The highest BCUT2D eigenvalue weighted by Gasteiger charge is 2.28. The van der Waals surface area contributed by atoms with Gasteiger partial charge in [0.15, 0.2) is 5.69 Å². The molecule has 2 aromatic heterocycles. The molecule has 0 fully saturated rings. The smallest absolute Gasteiger partial charge is 0.408 e. The van der Waals surface area contributed by atoms with Crippen LogP contribution in [-0.4, -0.2) is 37.7 Å². The summed E-state index contributed by atoms with van der Waals surface area (Å²) in [5.41, 5.74) is 0.239. The lowest BCUT2D eigenvalue weighted by Gasteiger charge is -2.07. The van der Waals surface area contributed by atoms with Crippen LogP contribution < -0.4 is 10.1 Å². The molecule has 2 aromatic rings. The summed E-state index contributed by atoms with van der Waals surface area (Å²) in [5.74, 6) is -0.149. The fraction of sp³-hybridized carbons (Fsp3) is 0.462. The van der Waals surface area contributed by atoms with Crippen LogP contribution in [0.5, 0.6) is 5.88 Å². The number of aromatic nitrogens is 4. The average Bonchev–Trinajstić information content (AvgIpc) is 2.95. The Labute approximate surface area is 130 Å². The first-order chi connectivity index (χ1) is 10.6. The molecule has 7 nitrogen and oxygen atoms in total. The predicted octanol–water partition coefficient (Wildman–Crippen LogP) is 2.22. The number of nitrogens with zero attached hydrogens (tertiary/aromatic N) is 4. The van der Waals surface area contributed by atoms with Crippen LogP contribution in [-0.2, 0) is 13.6 Å². The second-order valence-corrected chi connectivity index (χ2v) is 5.15. The highest BCUT2D eigenvalue weighted by Crippen LogP contribution is 2.19.